The van der Waals surface area contributed by atoms with E-state index in [0.717, 1.165) is 10.2 Å². The smallest absolute Gasteiger partial charge is 0.316 e. The van der Waals surface area contributed by atoms with Crippen molar-refractivity contribution < 1.29 is 9.59 Å². The third-order valence-corrected chi connectivity index (χ3v) is 2.87. The summed E-state index contributed by atoms with van der Waals surface area (Å²) in [6.45, 7) is 0.999. The van der Waals surface area contributed by atoms with Crippen molar-refractivity contribution in [3.8, 4) is 0 Å². The number of hydrogen-bond acceptors (Lipinski definition) is 2. The van der Waals surface area contributed by atoms with Gasteiger partial charge in [-0.3, -0.25) is 9.59 Å². The maximum absolute atomic E-state index is 11.6. The summed E-state index contributed by atoms with van der Waals surface area (Å²) < 4.78 is 0.813. The standard InChI is InChI=1S/C10H9BrN2O2/c11-7-3-1-2-4-8(7)13-6-5-12-9(14)10(13)15/h1-4H,5-6H2,(H,12,14). The summed E-state index contributed by atoms with van der Waals surface area (Å²) in [7, 11) is 0. The van der Waals surface area contributed by atoms with Gasteiger partial charge in [-0.15, -0.1) is 0 Å². The molecule has 0 radical (unpaired) electrons. The van der Waals surface area contributed by atoms with Gasteiger partial charge in [0.2, 0.25) is 0 Å². The number of benzene rings is 1. The van der Waals surface area contributed by atoms with E-state index < -0.39 is 11.8 Å². The summed E-state index contributed by atoms with van der Waals surface area (Å²) in [5.41, 5.74) is 0.734. The number of halogens is 1. The van der Waals surface area contributed by atoms with Crippen molar-refractivity contribution >= 4 is 33.4 Å². The van der Waals surface area contributed by atoms with Crippen LogP contribution in [0.15, 0.2) is 28.7 Å². The number of para-hydroxylation sites is 1. The zero-order chi connectivity index (χ0) is 10.8. The van der Waals surface area contributed by atoms with Crippen LogP contribution in [-0.2, 0) is 9.59 Å². The third-order valence-electron chi connectivity index (χ3n) is 2.20. The molecular weight excluding hydrogens is 260 g/mol. The molecule has 1 saturated heterocycles. The van der Waals surface area contributed by atoms with Crippen LogP contribution in [0.1, 0.15) is 0 Å². The van der Waals surface area contributed by atoms with Gasteiger partial charge in [0.1, 0.15) is 0 Å². The Morgan fingerprint density at radius 1 is 1.27 bits per heavy atom. The molecule has 0 unspecified atom stereocenters. The van der Waals surface area contributed by atoms with E-state index in [1.54, 1.807) is 6.07 Å². The van der Waals surface area contributed by atoms with Gasteiger partial charge in [0.05, 0.1) is 5.69 Å². The molecule has 1 heterocycles. The first-order valence-corrected chi connectivity index (χ1v) is 5.33. The molecule has 5 heteroatoms. The van der Waals surface area contributed by atoms with Crippen molar-refractivity contribution in [1.82, 2.24) is 5.32 Å². The Hall–Kier alpha value is -1.36. The Morgan fingerprint density at radius 3 is 2.73 bits per heavy atom. The minimum absolute atomic E-state index is 0.492. The van der Waals surface area contributed by atoms with Crippen molar-refractivity contribution in [2.24, 2.45) is 0 Å². The first-order valence-electron chi connectivity index (χ1n) is 4.54. The molecule has 1 aliphatic rings. The maximum atomic E-state index is 11.6. The molecule has 1 aliphatic heterocycles. The predicted octanol–water partition coefficient (Wildman–Crippen LogP) is 0.912. The van der Waals surface area contributed by atoms with Crippen LogP contribution < -0.4 is 10.2 Å². The molecule has 2 rings (SSSR count). The topological polar surface area (TPSA) is 49.4 Å². The minimum Gasteiger partial charge on any atom is -0.346 e. The molecule has 0 aliphatic carbocycles. The number of hydrogen-bond donors (Lipinski definition) is 1. The molecule has 0 spiro atoms. The molecule has 0 atom stereocenters. The Bertz CT molecular complexity index is 420. The van der Waals surface area contributed by atoms with Gasteiger partial charge in [-0.2, -0.15) is 0 Å². The highest BCUT2D eigenvalue weighted by atomic mass is 79.9. The normalized spacial score (nSPS) is 16.5. The number of anilines is 1. The van der Waals surface area contributed by atoms with E-state index in [0.29, 0.717) is 13.1 Å². The van der Waals surface area contributed by atoms with Crippen LogP contribution in [0.4, 0.5) is 5.69 Å². The first kappa shape index (κ1) is 10.2. The highest BCUT2D eigenvalue weighted by molar-refractivity contribution is 9.10. The zero-order valence-electron chi connectivity index (χ0n) is 7.87. The van der Waals surface area contributed by atoms with Crippen molar-refractivity contribution in [3.63, 3.8) is 0 Å². The van der Waals surface area contributed by atoms with E-state index in [1.165, 1.54) is 4.90 Å². The Kier molecular flexibility index (Phi) is 2.73. The minimum atomic E-state index is -0.544. The Labute approximate surface area is 95.4 Å². The summed E-state index contributed by atoms with van der Waals surface area (Å²) in [6.07, 6.45) is 0. The van der Waals surface area contributed by atoms with E-state index in [9.17, 15) is 9.59 Å². The zero-order valence-corrected chi connectivity index (χ0v) is 9.45. The molecule has 0 saturated carbocycles. The van der Waals surface area contributed by atoms with Crippen molar-refractivity contribution in [1.29, 1.82) is 0 Å². The Morgan fingerprint density at radius 2 is 2.00 bits per heavy atom. The van der Waals surface area contributed by atoms with E-state index >= 15 is 0 Å². The van der Waals surface area contributed by atoms with Gasteiger partial charge < -0.3 is 10.2 Å². The monoisotopic (exact) mass is 268 g/mol. The number of nitrogens with zero attached hydrogens (tertiary/aromatic N) is 1. The summed E-state index contributed by atoms with van der Waals surface area (Å²) >= 11 is 3.35. The molecule has 0 aromatic heterocycles. The van der Waals surface area contributed by atoms with Gasteiger partial charge in [-0.05, 0) is 28.1 Å². The lowest BCUT2D eigenvalue weighted by Gasteiger charge is -2.27. The average Bonchev–Trinajstić information content (AvgIpc) is 2.23. The van der Waals surface area contributed by atoms with E-state index in [4.69, 9.17) is 0 Å². The van der Waals surface area contributed by atoms with Crippen LogP contribution in [0.5, 0.6) is 0 Å². The lowest BCUT2D eigenvalue weighted by atomic mass is 10.2. The lowest BCUT2D eigenvalue weighted by Crippen LogP contribution is -2.52. The molecular formula is C10H9BrN2O2. The highest BCUT2D eigenvalue weighted by Crippen LogP contribution is 2.26. The van der Waals surface area contributed by atoms with Gasteiger partial charge in [-0.25, -0.2) is 0 Å². The van der Waals surface area contributed by atoms with Crippen molar-refractivity contribution in [2.45, 2.75) is 0 Å². The van der Waals surface area contributed by atoms with Crippen LogP contribution in [0.3, 0.4) is 0 Å². The fourth-order valence-electron chi connectivity index (χ4n) is 1.48. The summed E-state index contributed by atoms with van der Waals surface area (Å²) in [4.78, 5) is 24.2. The molecule has 1 fully saturated rings. The predicted molar refractivity (Wildman–Crippen MR) is 59.5 cm³/mol. The SMILES string of the molecule is O=C1NCCN(c2ccccc2Br)C1=O. The fraction of sp³-hybridized carbons (Fsp3) is 0.200. The maximum Gasteiger partial charge on any atom is 0.316 e. The molecule has 0 bridgehead atoms. The molecule has 1 aromatic carbocycles. The van der Waals surface area contributed by atoms with Gasteiger partial charge in [0.15, 0.2) is 0 Å². The van der Waals surface area contributed by atoms with Crippen LogP contribution in [-0.4, -0.2) is 24.9 Å². The fourth-order valence-corrected chi connectivity index (χ4v) is 1.98. The molecule has 4 nitrogen and oxygen atoms in total. The largest absolute Gasteiger partial charge is 0.346 e. The molecule has 78 valence electrons. The van der Waals surface area contributed by atoms with E-state index in [1.807, 2.05) is 18.2 Å². The Balaban J connectivity index is 2.34. The summed E-state index contributed by atoms with van der Waals surface area (Å²) in [6, 6.07) is 7.34. The van der Waals surface area contributed by atoms with Gasteiger partial charge in [0, 0.05) is 17.6 Å². The van der Waals surface area contributed by atoms with Gasteiger partial charge >= 0.3 is 11.8 Å². The van der Waals surface area contributed by atoms with E-state index in [2.05, 4.69) is 21.2 Å². The molecule has 2 amide bonds. The number of amides is 2. The van der Waals surface area contributed by atoms with E-state index in [-0.39, 0.29) is 0 Å². The van der Waals surface area contributed by atoms with Crippen LogP contribution in [0.25, 0.3) is 0 Å². The van der Waals surface area contributed by atoms with Crippen molar-refractivity contribution in [3.05, 3.63) is 28.7 Å². The molecule has 1 N–H and O–H groups in total. The van der Waals surface area contributed by atoms with Crippen LogP contribution in [0, 0.1) is 0 Å². The van der Waals surface area contributed by atoms with Gasteiger partial charge in [0.25, 0.3) is 0 Å². The number of carbonyl (C=O) groups excluding carboxylic acids is 2. The number of nitrogens with one attached hydrogen (secondary N) is 1. The number of carbonyl (C=O) groups is 2. The average molecular weight is 269 g/mol. The third kappa shape index (κ3) is 1.87. The summed E-state index contributed by atoms with van der Waals surface area (Å²) in [5.74, 6) is -1.05. The van der Waals surface area contributed by atoms with Gasteiger partial charge in [-0.1, -0.05) is 12.1 Å². The number of rotatable bonds is 1. The second-order valence-corrected chi connectivity index (χ2v) is 4.02. The quantitative estimate of drug-likeness (QED) is 0.770. The number of piperazine rings is 1. The van der Waals surface area contributed by atoms with Crippen molar-refractivity contribution in [2.75, 3.05) is 18.0 Å². The first-order chi connectivity index (χ1) is 7.20. The molecule has 15 heavy (non-hydrogen) atoms. The van der Waals surface area contributed by atoms with Crippen LogP contribution in [0.2, 0.25) is 0 Å². The molecule has 1 aromatic rings. The van der Waals surface area contributed by atoms with Crippen LogP contribution >= 0.6 is 15.9 Å². The second-order valence-electron chi connectivity index (χ2n) is 3.16. The summed E-state index contributed by atoms with van der Waals surface area (Å²) in [5, 5.41) is 2.51. The lowest BCUT2D eigenvalue weighted by molar-refractivity contribution is -0.138. The second kappa shape index (κ2) is 4.02. The highest BCUT2D eigenvalue weighted by Gasteiger charge is 2.27.